The van der Waals surface area contributed by atoms with Gasteiger partial charge in [-0.2, -0.15) is 0 Å². The maximum atomic E-state index is 12.8. The zero-order valence-corrected chi connectivity index (χ0v) is 8.84. The number of halogens is 3. The molecule has 1 atom stereocenters. The van der Waals surface area contributed by atoms with E-state index in [2.05, 4.69) is 0 Å². The second-order valence-corrected chi connectivity index (χ2v) is 3.45. The predicted octanol–water partition coefficient (Wildman–Crippen LogP) is 2.56. The van der Waals surface area contributed by atoms with E-state index in [1.807, 2.05) is 0 Å². The van der Waals surface area contributed by atoms with E-state index < -0.39 is 23.6 Å². The molecule has 2 nitrogen and oxygen atoms in total. The van der Waals surface area contributed by atoms with Crippen LogP contribution in [0, 0.1) is 17.5 Å². The topological polar surface area (TPSA) is 29.5 Å². The van der Waals surface area contributed by atoms with Crippen molar-refractivity contribution in [2.75, 3.05) is 13.7 Å². The smallest absolute Gasteiger partial charge is 0.194 e. The Bertz CT molecular complexity index is 332. The lowest BCUT2D eigenvalue weighted by atomic mass is 10.0. The van der Waals surface area contributed by atoms with Gasteiger partial charge in [0.15, 0.2) is 17.5 Å². The molecule has 0 saturated carbocycles. The number of rotatable bonds is 5. The molecular weight excluding hydrogens is 221 g/mol. The summed E-state index contributed by atoms with van der Waals surface area (Å²) in [7, 11) is 1.52. The Labute approximate surface area is 91.7 Å². The summed E-state index contributed by atoms with van der Waals surface area (Å²) in [6, 6.07) is 1.60. The number of aliphatic hydroxyl groups excluding tert-OH is 1. The summed E-state index contributed by atoms with van der Waals surface area (Å²) in [4.78, 5) is 0. The van der Waals surface area contributed by atoms with Gasteiger partial charge in [-0.3, -0.25) is 0 Å². The fourth-order valence-corrected chi connectivity index (χ4v) is 1.36. The molecule has 1 rings (SSSR count). The minimum Gasteiger partial charge on any atom is -0.388 e. The van der Waals surface area contributed by atoms with E-state index in [1.165, 1.54) is 7.11 Å². The maximum absolute atomic E-state index is 12.8. The largest absolute Gasteiger partial charge is 0.388 e. The van der Waals surface area contributed by atoms with Crippen LogP contribution in [-0.4, -0.2) is 18.8 Å². The minimum absolute atomic E-state index is 0.0347. The van der Waals surface area contributed by atoms with Gasteiger partial charge in [-0.05, 0) is 30.5 Å². The zero-order valence-electron chi connectivity index (χ0n) is 8.84. The van der Waals surface area contributed by atoms with E-state index in [-0.39, 0.29) is 5.56 Å². The summed E-state index contributed by atoms with van der Waals surface area (Å²) in [5, 5.41) is 9.58. The van der Waals surface area contributed by atoms with Crippen LogP contribution in [0.1, 0.15) is 24.5 Å². The first-order valence-electron chi connectivity index (χ1n) is 4.87. The Hall–Kier alpha value is -1.07. The van der Waals surface area contributed by atoms with Crippen LogP contribution >= 0.6 is 0 Å². The van der Waals surface area contributed by atoms with Crippen LogP contribution < -0.4 is 0 Å². The van der Waals surface area contributed by atoms with Crippen LogP contribution in [0.15, 0.2) is 12.1 Å². The average Bonchev–Trinajstić information content (AvgIpc) is 2.25. The van der Waals surface area contributed by atoms with Crippen molar-refractivity contribution >= 4 is 0 Å². The lowest BCUT2D eigenvalue weighted by Gasteiger charge is -2.11. The molecule has 0 aliphatic rings. The second kappa shape index (κ2) is 5.86. The summed E-state index contributed by atoms with van der Waals surface area (Å²) in [6.45, 7) is 0.448. The number of aliphatic hydroxyl groups is 1. The van der Waals surface area contributed by atoms with E-state index in [0.29, 0.717) is 19.4 Å². The van der Waals surface area contributed by atoms with E-state index >= 15 is 0 Å². The molecule has 1 N–H and O–H groups in total. The molecule has 0 spiro atoms. The standard InChI is InChI=1S/C11H13F3O2/c1-16-4-2-3-10(15)7-5-8(12)11(14)9(13)6-7/h5-6,10,15H,2-4H2,1H3. The summed E-state index contributed by atoms with van der Waals surface area (Å²) in [6.07, 6.45) is -0.156. The van der Waals surface area contributed by atoms with Gasteiger partial charge < -0.3 is 9.84 Å². The Morgan fingerprint density at radius 2 is 1.81 bits per heavy atom. The highest BCUT2D eigenvalue weighted by molar-refractivity contribution is 5.21. The van der Waals surface area contributed by atoms with Crippen LogP contribution in [-0.2, 0) is 4.74 Å². The molecule has 16 heavy (non-hydrogen) atoms. The third-order valence-electron chi connectivity index (χ3n) is 2.22. The van der Waals surface area contributed by atoms with Crippen molar-refractivity contribution in [2.24, 2.45) is 0 Å². The van der Waals surface area contributed by atoms with E-state index in [9.17, 15) is 18.3 Å². The highest BCUT2D eigenvalue weighted by atomic mass is 19.2. The van der Waals surface area contributed by atoms with E-state index in [1.54, 1.807) is 0 Å². The van der Waals surface area contributed by atoms with Gasteiger partial charge in [0.1, 0.15) is 0 Å². The van der Waals surface area contributed by atoms with Crippen molar-refractivity contribution in [2.45, 2.75) is 18.9 Å². The molecule has 0 heterocycles. The molecular formula is C11H13F3O2. The van der Waals surface area contributed by atoms with Crippen molar-refractivity contribution < 1.29 is 23.0 Å². The van der Waals surface area contributed by atoms with Crippen LogP contribution in [0.25, 0.3) is 0 Å². The first kappa shape index (κ1) is 13.0. The maximum Gasteiger partial charge on any atom is 0.194 e. The normalized spacial score (nSPS) is 12.8. The molecule has 1 aromatic carbocycles. The fraction of sp³-hybridized carbons (Fsp3) is 0.455. The average molecular weight is 234 g/mol. The van der Waals surface area contributed by atoms with E-state index in [4.69, 9.17) is 4.74 Å². The quantitative estimate of drug-likeness (QED) is 0.626. The molecule has 0 radical (unpaired) electrons. The second-order valence-electron chi connectivity index (χ2n) is 3.45. The highest BCUT2D eigenvalue weighted by Gasteiger charge is 2.15. The lowest BCUT2D eigenvalue weighted by Crippen LogP contribution is -2.03. The predicted molar refractivity (Wildman–Crippen MR) is 52.4 cm³/mol. The Kier molecular flexibility index (Phi) is 4.76. The summed E-state index contributed by atoms with van der Waals surface area (Å²) < 4.78 is 43.1. The lowest BCUT2D eigenvalue weighted by molar-refractivity contribution is 0.135. The van der Waals surface area contributed by atoms with Crippen molar-refractivity contribution in [3.05, 3.63) is 35.1 Å². The highest BCUT2D eigenvalue weighted by Crippen LogP contribution is 2.22. The molecule has 0 amide bonds. The molecule has 0 aliphatic heterocycles. The molecule has 0 fully saturated rings. The van der Waals surface area contributed by atoms with Gasteiger partial charge in [-0.15, -0.1) is 0 Å². The Morgan fingerprint density at radius 3 is 2.31 bits per heavy atom. The van der Waals surface area contributed by atoms with Gasteiger partial charge in [-0.1, -0.05) is 0 Å². The molecule has 0 bridgehead atoms. The number of benzene rings is 1. The number of hydrogen-bond acceptors (Lipinski definition) is 2. The van der Waals surface area contributed by atoms with E-state index in [0.717, 1.165) is 12.1 Å². The van der Waals surface area contributed by atoms with Gasteiger partial charge in [0, 0.05) is 13.7 Å². The first-order chi connectivity index (χ1) is 7.56. The van der Waals surface area contributed by atoms with Gasteiger partial charge >= 0.3 is 0 Å². The van der Waals surface area contributed by atoms with Crippen molar-refractivity contribution in [1.29, 1.82) is 0 Å². The number of ether oxygens (including phenoxy) is 1. The zero-order chi connectivity index (χ0) is 12.1. The molecule has 90 valence electrons. The first-order valence-corrected chi connectivity index (χ1v) is 4.87. The third-order valence-corrected chi connectivity index (χ3v) is 2.22. The van der Waals surface area contributed by atoms with Gasteiger partial charge in [0.05, 0.1) is 6.10 Å². The summed E-state index contributed by atoms with van der Waals surface area (Å²) >= 11 is 0. The molecule has 5 heteroatoms. The molecule has 1 unspecified atom stereocenters. The molecule has 0 aromatic heterocycles. The summed E-state index contributed by atoms with van der Waals surface area (Å²) in [5.41, 5.74) is 0.0347. The van der Waals surface area contributed by atoms with Gasteiger partial charge in [0.2, 0.25) is 0 Å². The van der Waals surface area contributed by atoms with Gasteiger partial charge in [-0.25, -0.2) is 13.2 Å². The van der Waals surface area contributed by atoms with Crippen LogP contribution in [0.2, 0.25) is 0 Å². The number of methoxy groups -OCH3 is 1. The van der Waals surface area contributed by atoms with Crippen molar-refractivity contribution in [1.82, 2.24) is 0 Å². The Morgan fingerprint density at radius 1 is 1.25 bits per heavy atom. The number of hydrogen-bond donors (Lipinski definition) is 1. The van der Waals surface area contributed by atoms with Crippen LogP contribution in [0.3, 0.4) is 0 Å². The monoisotopic (exact) mass is 234 g/mol. The Balaban J connectivity index is 2.72. The SMILES string of the molecule is COCCCC(O)c1cc(F)c(F)c(F)c1. The molecule has 0 aliphatic carbocycles. The molecule has 0 saturated heterocycles. The molecule has 1 aromatic rings. The minimum atomic E-state index is -1.52. The fourth-order valence-electron chi connectivity index (χ4n) is 1.36. The van der Waals surface area contributed by atoms with Gasteiger partial charge in [0.25, 0.3) is 0 Å². The summed E-state index contributed by atoms with van der Waals surface area (Å²) in [5.74, 6) is -4.10. The van der Waals surface area contributed by atoms with Crippen LogP contribution in [0.5, 0.6) is 0 Å². The third kappa shape index (κ3) is 3.21. The van der Waals surface area contributed by atoms with Crippen molar-refractivity contribution in [3.8, 4) is 0 Å². The van der Waals surface area contributed by atoms with Crippen LogP contribution in [0.4, 0.5) is 13.2 Å². The van der Waals surface area contributed by atoms with Crippen molar-refractivity contribution in [3.63, 3.8) is 0 Å².